The summed E-state index contributed by atoms with van der Waals surface area (Å²) in [6.07, 6.45) is 4.41. The van der Waals surface area contributed by atoms with Crippen LogP contribution < -0.4 is 0 Å². The molecule has 1 aromatic carbocycles. The number of carbonyl (C=O) groups excluding carboxylic acids is 1. The molecular weight excluding hydrogens is 428 g/mol. The Morgan fingerprint density at radius 1 is 1.10 bits per heavy atom. The van der Waals surface area contributed by atoms with Gasteiger partial charge in [-0.15, -0.1) is 10.2 Å². The molecule has 158 valence electrons. The Bertz CT molecular complexity index is 839. The maximum atomic E-state index is 11.7. The van der Waals surface area contributed by atoms with Gasteiger partial charge in [-0.2, -0.15) is 0 Å². The van der Waals surface area contributed by atoms with Crippen LogP contribution in [0.2, 0.25) is 0 Å². The smallest absolute Gasteiger partial charge is 0.303 e. The van der Waals surface area contributed by atoms with Crippen LogP contribution in [0.4, 0.5) is 0 Å². The predicted octanol–water partition coefficient (Wildman–Crippen LogP) is 5.43. The molecule has 0 aliphatic rings. The van der Waals surface area contributed by atoms with Crippen LogP contribution in [0.25, 0.3) is 0 Å². The molecule has 0 spiro atoms. The van der Waals surface area contributed by atoms with Gasteiger partial charge in [-0.05, 0) is 43.4 Å². The van der Waals surface area contributed by atoms with Crippen molar-refractivity contribution in [3.8, 4) is 5.75 Å². The molecule has 0 amide bonds. The number of nitrogens with zero attached hydrogens (tertiary/aromatic N) is 2. The van der Waals surface area contributed by atoms with Crippen molar-refractivity contribution in [1.29, 1.82) is 0 Å². The third-order valence-corrected chi connectivity index (χ3v) is 7.58. The van der Waals surface area contributed by atoms with Crippen LogP contribution >= 0.6 is 34.9 Å². The Balaban J connectivity index is 1.88. The predicted molar refractivity (Wildman–Crippen MR) is 118 cm³/mol. The lowest BCUT2D eigenvalue weighted by Gasteiger charge is -2.12. The maximum Gasteiger partial charge on any atom is 0.303 e. The molecule has 0 atom stereocenters. The van der Waals surface area contributed by atoms with Crippen molar-refractivity contribution in [3.05, 3.63) is 28.8 Å². The lowest BCUT2D eigenvalue weighted by Crippen LogP contribution is -2.00. The monoisotopic (exact) mass is 454 g/mol. The number of carbonyl (C=O) groups is 2. The number of carboxylic acids is 1. The number of aliphatic carboxylic acids is 1. The highest BCUT2D eigenvalue weighted by atomic mass is 32.2. The highest BCUT2D eigenvalue weighted by Crippen LogP contribution is 2.35. The first-order chi connectivity index (χ1) is 13.9. The maximum absolute atomic E-state index is 11.7. The average molecular weight is 455 g/mol. The van der Waals surface area contributed by atoms with Gasteiger partial charge in [0.15, 0.2) is 14.5 Å². The van der Waals surface area contributed by atoms with E-state index in [4.69, 9.17) is 5.11 Å². The minimum atomic E-state index is -0.741. The molecule has 0 saturated heterocycles. The number of phenolic OH excluding ortho intramolecular Hbond substituents is 1. The number of carboxylic acid groups (broad SMARTS) is 1. The molecule has 0 aliphatic heterocycles. The summed E-state index contributed by atoms with van der Waals surface area (Å²) in [7, 11) is 0. The number of rotatable bonds is 13. The number of benzene rings is 1. The number of hydrogen-bond acceptors (Lipinski definition) is 8. The fourth-order valence-corrected chi connectivity index (χ4v) is 5.91. The van der Waals surface area contributed by atoms with E-state index in [1.807, 2.05) is 13.0 Å². The van der Waals surface area contributed by atoms with Crippen LogP contribution in [-0.2, 0) is 17.0 Å². The normalized spacial score (nSPS) is 11.0. The van der Waals surface area contributed by atoms with Gasteiger partial charge in [0.2, 0.25) is 0 Å². The molecule has 9 heteroatoms. The molecule has 0 saturated carbocycles. The third kappa shape index (κ3) is 7.64. The van der Waals surface area contributed by atoms with Gasteiger partial charge in [-0.3, -0.25) is 9.59 Å². The van der Waals surface area contributed by atoms with Crippen LogP contribution in [0, 0.1) is 0 Å². The number of phenols is 1. The van der Waals surface area contributed by atoms with Crippen molar-refractivity contribution in [2.24, 2.45) is 0 Å². The Morgan fingerprint density at radius 2 is 1.83 bits per heavy atom. The summed E-state index contributed by atoms with van der Waals surface area (Å²) in [5, 5.41) is 27.5. The zero-order valence-electron chi connectivity index (χ0n) is 16.6. The van der Waals surface area contributed by atoms with Gasteiger partial charge >= 0.3 is 5.97 Å². The molecule has 6 nitrogen and oxygen atoms in total. The van der Waals surface area contributed by atoms with E-state index in [0.717, 1.165) is 51.2 Å². The molecule has 0 bridgehead atoms. The third-order valence-electron chi connectivity index (χ3n) is 4.26. The minimum absolute atomic E-state index is 0.105. The van der Waals surface area contributed by atoms with Gasteiger partial charge in [0.05, 0.1) is 5.56 Å². The highest BCUT2D eigenvalue weighted by molar-refractivity contribution is 8.02. The summed E-state index contributed by atoms with van der Waals surface area (Å²) in [6.45, 7) is 3.51. The van der Waals surface area contributed by atoms with Gasteiger partial charge in [0, 0.05) is 17.9 Å². The van der Waals surface area contributed by atoms with E-state index in [0.29, 0.717) is 17.7 Å². The van der Waals surface area contributed by atoms with Crippen molar-refractivity contribution in [1.82, 2.24) is 10.2 Å². The van der Waals surface area contributed by atoms with Crippen LogP contribution in [0.3, 0.4) is 0 Å². The number of aromatic nitrogens is 2. The minimum Gasteiger partial charge on any atom is -0.507 e. The molecule has 0 aliphatic carbocycles. The molecular formula is C20H26N2O4S3. The number of hydrogen-bond donors (Lipinski definition) is 2. The summed E-state index contributed by atoms with van der Waals surface area (Å²) in [5.74, 6) is 0.798. The van der Waals surface area contributed by atoms with E-state index in [9.17, 15) is 14.7 Å². The second-order valence-corrected chi connectivity index (χ2v) is 10.1. The topological polar surface area (TPSA) is 100 Å². The largest absolute Gasteiger partial charge is 0.507 e. The van der Waals surface area contributed by atoms with Crippen molar-refractivity contribution >= 4 is 46.6 Å². The zero-order chi connectivity index (χ0) is 21.2. The van der Waals surface area contributed by atoms with Crippen molar-refractivity contribution in [2.45, 2.75) is 66.8 Å². The first kappa shape index (κ1) is 23.7. The Morgan fingerprint density at radius 3 is 2.48 bits per heavy atom. The SMILES string of the molecule is CCCc1c(CSc2nnc(SCCCCCC(=O)O)s2)ccc(C(C)=O)c1O. The van der Waals surface area contributed by atoms with Gasteiger partial charge < -0.3 is 10.2 Å². The quantitative estimate of drug-likeness (QED) is 0.235. The summed E-state index contributed by atoms with van der Waals surface area (Å²) < 4.78 is 1.78. The molecule has 1 heterocycles. The second-order valence-electron chi connectivity index (χ2n) is 6.58. The van der Waals surface area contributed by atoms with Crippen LogP contribution in [0.5, 0.6) is 5.75 Å². The molecule has 1 aromatic heterocycles. The van der Waals surface area contributed by atoms with E-state index >= 15 is 0 Å². The molecule has 0 radical (unpaired) electrons. The van der Waals surface area contributed by atoms with Crippen LogP contribution in [0.1, 0.15) is 67.4 Å². The zero-order valence-corrected chi connectivity index (χ0v) is 19.1. The molecule has 2 rings (SSSR count). The second kappa shape index (κ2) is 12.2. The van der Waals surface area contributed by atoms with E-state index in [1.54, 1.807) is 40.9 Å². The number of aromatic hydroxyl groups is 1. The van der Waals surface area contributed by atoms with E-state index in [-0.39, 0.29) is 18.0 Å². The van der Waals surface area contributed by atoms with E-state index in [1.165, 1.54) is 6.92 Å². The van der Waals surface area contributed by atoms with Gasteiger partial charge in [0.1, 0.15) is 5.75 Å². The van der Waals surface area contributed by atoms with Crippen molar-refractivity contribution in [2.75, 3.05) is 5.75 Å². The standard InChI is InChI=1S/C20H26N2O4S3/c1-3-7-16-14(9-10-15(13(2)23)18(16)26)12-28-20-22-21-19(29-20)27-11-6-4-5-8-17(24)25/h9-10,26H,3-8,11-12H2,1-2H3,(H,24,25). The summed E-state index contributed by atoms with van der Waals surface area (Å²) in [6, 6.07) is 3.61. The lowest BCUT2D eigenvalue weighted by molar-refractivity contribution is -0.137. The Labute approximate surface area is 183 Å². The number of Topliss-reactive ketones (excluding diaryl/α,β-unsaturated/α-hetero) is 1. The molecule has 2 aromatic rings. The van der Waals surface area contributed by atoms with Crippen LogP contribution in [-0.4, -0.2) is 37.9 Å². The average Bonchev–Trinajstić information content (AvgIpc) is 3.12. The first-order valence-corrected chi connectivity index (χ1v) is 12.4. The Kier molecular flexibility index (Phi) is 9.96. The molecule has 2 N–H and O–H groups in total. The molecule has 29 heavy (non-hydrogen) atoms. The lowest BCUT2D eigenvalue weighted by atomic mass is 9.98. The number of ketones is 1. The van der Waals surface area contributed by atoms with E-state index in [2.05, 4.69) is 10.2 Å². The van der Waals surface area contributed by atoms with Crippen LogP contribution in [0.15, 0.2) is 20.8 Å². The summed E-state index contributed by atoms with van der Waals surface area (Å²) in [4.78, 5) is 22.2. The van der Waals surface area contributed by atoms with Crippen molar-refractivity contribution in [3.63, 3.8) is 0 Å². The molecule has 0 unspecified atom stereocenters. The highest BCUT2D eigenvalue weighted by Gasteiger charge is 2.16. The van der Waals surface area contributed by atoms with Gasteiger partial charge in [0.25, 0.3) is 0 Å². The van der Waals surface area contributed by atoms with Crippen molar-refractivity contribution < 1.29 is 19.8 Å². The summed E-state index contributed by atoms with van der Waals surface area (Å²) >= 11 is 4.77. The number of unbranched alkanes of at least 4 members (excludes halogenated alkanes) is 2. The summed E-state index contributed by atoms with van der Waals surface area (Å²) in [5.41, 5.74) is 2.23. The Hall–Kier alpha value is -1.58. The fraction of sp³-hybridized carbons (Fsp3) is 0.500. The van der Waals surface area contributed by atoms with E-state index < -0.39 is 5.97 Å². The molecule has 0 fully saturated rings. The number of thioether (sulfide) groups is 2. The van der Waals surface area contributed by atoms with Gasteiger partial charge in [-0.1, -0.05) is 60.7 Å². The van der Waals surface area contributed by atoms with Gasteiger partial charge in [-0.25, -0.2) is 0 Å². The first-order valence-electron chi connectivity index (χ1n) is 9.57. The fourth-order valence-electron chi connectivity index (χ4n) is 2.79.